The molecule has 0 radical (unpaired) electrons. The van der Waals surface area contributed by atoms with Crippen molar-refractivity contribution in [1.82, 2.24) is 0 Å². The SMILES string of the molecule is CCc1cc(C(F)(C(F)(F)F)C(F)(F)F)cc(C)c1CC(=O)c1ccc2cc(Br)ccc2c1.CCc1cc(C(F)(C(F)(F)F)C(F)(F)F)cc(C)c1CC(=O)c1ccc2cc(C#N)ccc2c1. The van der Waals surface area contributed by atoms with Gasteiger partial charge in [0.25, 0.3) is 0 Å². The number of rotatable bonds is 10. The quantitative estimate of drug-likeness (QED) is 0.101. The second-order valence-corrected chi connectivity index (χ2v) is 16.6. The summed E-state index contributed by atoms with van der Waals surface area (Å²) >= 11 is 3.36. The fourth-order valence-electron chi connectivity index (χ4n) is 7.69. The first kappa shape index (κ1) is 52.1. The van der Waals surface area contributed by atoms with Crippen LogP contribution in [-0.4, -0.2) is 36.3 Å². The zero-order valence-electron chi connectivity index (χ0n) is 35.5. The molecule has 6 aromatic carbocycles. The van der Waals surface area contributed by atoms with E-state index in [9.17, 15) is 71.1 Å². The number of Topliss-reactive ketones (excluding diaryl/α,β-unsaturated/α-hetero) is 2. The molecule has 0 amide bonds. The Morgan fingerprint density at radius 2 is 0.836 bits per heavy atom. The zero-order chi connectivity index (χ0) is 50.2. The lowest BCUT2D eigenvalue weighted by Gasteiger charge is -2.31. The molecule has 0 fully saturated rings. The van der Waals surface area contributed by atoms with E-state index in [1.165, 1.54) is 33.8 Å². The van der Waals surface area contributed by atoms with Gasteiger partial charge in [0, 0.05) is 39.6 Å². The molecule has 0 bridgehead atoms. The Morgan fingerprint density at radius 3 is 1.19 bits per heavy atom. The Hall–Kier alpha value is -5.83. The van der Waals surface area contributed by atoms with Crippen LogP contribution in [0.4, 0.5) is 61.5 Å². The third-order valence-corrected chi connectivity index (χ3v) is 11.8. The molecule has 0 heterocycles. The Bertz CT molecular complexity index is 2880. The molecule has 18 heteroatoms. The van der Waals surface area contributed by atoms with E-state index in [1.807, 2.05) is 18.2 Å². The molecular formula is C49H36BrF14NO2. The van der Waals surface area contributed by atoms with Crippen molar-refractivity contribution in [2.45, 2.75) is 89.4 Å². The van der Waals surface area contributed by atoms with Crippen molar-refractivity contribution >= 4 is 49.0 Å². The van der Waals surface area contributed by atoms with Crippen molar-refractivity contribution in [3.63, 3.8) is 0 Å². The first-order valence-electron chi connectivity index (χ1n) is 20.0. The van der Waals surface area contributed by atoms with Gasteiger partial charge in [-0.3, -0.25) is 9.59 Å². The number of alkyl halides is 14. The number of hydrogen-bond donors (Lipinski definition) is 0. The Morgan fingerprint density at radius 1 is 0.493 bits per heavy atom. The summed E-state index contributed by atoms with van der Waals surface area (Å²) in [5.74, 6) is -0.765. The highest BCUT2D eigenvalue weighted by molar-refractivity contribution is 9.10. The second-order valence-electron chi connectivity index (χ2n) is 15.7. The van der Waals surface area contributed by atoms with E-state index in [0.29, 0.717) is 40.8 Å². The van der Waals surface area contributed by atoms with Gasteiger partial charge < -0.3 is 0 Å². The van der Waals surface area contributed by atoms with Crippen LogP contribution in [0, 0.1) is 25.2 Å². The highest BCUT2D eigenvalue weighted by Gasteiger charge is 2.74. The lowest BCUT2D eigenvalue weighted by Crippen LogP contribution is -2.50. The van der Waals surface area contributed by atoms with E-state index in [0.717, 1.165) is 20.6 Å². The van der Waals surface area contributed by atoms with Crippen molar-refractivity contribution < 1.29 is 71.1 Å². The van der Waals surface area contributed by atoms with E-state index in [2.05, 4.69) is 15.9 Å². The summed E-state index contributed by atoms with van der Waals surface area (Å²) in [6.45, 7) is 5.54. The molecule has 0 aliphatic carbocycles. The first-order chi connectivity index (χ1) is 30.9. The van der Waals surface area contributed by atoms with Crippen LogP contribution >= 0.6 is 15.9 Å². The number of ketones is 2. The fourth-order valence-corrected chi connectivity index (χ4v) is 8.07. The summed E-state index contributed by atoms with van der Waals surface area (Å²) in [5, 5.41) is 12.1. The van der Waals surface area contributed by atoms with Crippen LogP contribution in [0.15, 0.2) is 102 Å². The van der Waals surface area contributed by atoms with E-state index >= 15 is 0 Å². The Balaban J connectivity index is 0.000000251. The highest BCUT2D eigenvalue weighted by atomic mass is 79.9. The van der Waals surface area contributed by atoms with Crippen LogP contribution in [0.3, 0.4) is 0 Å². The number of carbonyl (C=O) groups excluding carboxylic acids is 2. The molecule has 0 atom stereocenters. The first-order valence-corrected chi connectivity index (χ1v) is 20.8. The van der Waals surface area contributed by atoms with Gasteiger partial charge in [0.2, 0.25) is 0 Å². The summed E-state index contributed by atoms with van der Waals surface area (Å²) in [6.07, 6.45) is -25.3. The van der Waals surface area contributed by atoms with Gasteiger partial charge in [-0.25, -0.2) is 8.78 Å². The molecule has 0 N–H and O–H groups in total. The van der Waals surface area contributed by atoms with Crippen molar-refractivity contribution in [3.8, 4) is 6.07 Å². The topological polar surface area (TPSA) is 57.9 Å². The van der Waals surface area contributed by atoms with E-state index < -0.39 is 53.0 Å². The van der Waals surface area contributed by atoms with E-state index in [4.69, 9.17) is 5.26 Å². The number of nitriles is 1. The molecule has 3 nitrogen and oxygen atoms in total. The maximum atomic E-state index is 14.6. The monoisotopic (exact) mass is 1020 g/mol. The largest absolute Gasteiger partial charge is 0.435 e. The highest BCUT2D eigenvalue weighted by Crippen LogP contribution is 2.55. The van der Waals surface area contributed by atoms with Crippen molar-refractivity contribution in [2.75, 3.05) is 0 Å². The fraction of sp³-hybridized carbons (Fsp3) is 0.286. The van der Waals surface area contributed by atoms with Gasteiger partial charge in [0.15, 0.2) is 11.6 Å². The number of carbonyl (C=O) groups is 2. The van der Waals surface area contributed by atoms with Gasteiger partial charge in [-0.2, -0.15) is 57.9 Å². The molecule has 354 valence electrons. The molecule has 0 saturated heterocycles. The minimum atomic E-state index is -6.21. The molecule has 0 saturated carbocycles. The summed E-state index contributed by atoms with van der Waals surface area (Å²) in [4.78, 5) is 25.8. The van der Waals surface area contributed by atoms with Crippen LogP contribution < -0.4 is 0 Å². The second kappa shape index (κ2) is 19.0. The smallest absolute Gasteiger partial charge is 0.294 e. The molecule has 0 aliphatic heterocycles. The standard InChI is InChI=1S/C25H18F7NO.C24H18BrF7O/c1-3-16-11-20(23(26,24(27,28)29)25(30,31)32)8-14(2)21(16)12-22(34)19-7-6-17-9-15(13-33)4-5-18(17)10-19;1-3-14-10-18(22(26,23(27,28)29)24(30,31)32)8-13(2)20(14)12-21(33)17-5-4-16-11-19(25)7-6-15(16)9-17/h4-11H,3,12H2,1-2H3;4-11H,3,12H2,1-2H3. The van der Waals surface area contributed by atoms with E-state index in [-0.39, 0.29) is 70.4 Å². The molecule has 6 aromatic rings. The number of benzene rings is 6. The molecular weight excluding hydrogens is 980 g/mol. The summed E-state index contributed by atoms with van der Waals surface area (Å²) in [5.41, 5.74) is -12.5. The summed E-state index contributed by atoms with van der Waals surface area (Å²) in [7, 11) is 0. The predicted molar refractivity (Wildman–Crippen MR) is 227 cm³/mol. The number of nitrogens with zero attached hydrogens (tertiary/aromatic N) is 1. The van der Waals surface area contributed by atoms with Gasteiger partial charge in [0.1, 0.15) is 0 Å². The molecule has 0 unspecified atom stereocenters. The summed E-state index contributed by atoms with van der Waals surface area (Å²) in [6, 6.07) is 24.3. The van der Waals surface area contributed by atoms with Gasteiger partial charge >= 0.3 is 36.0 Å². The Labute approximate surface area is 382 Å². The zero-order valence-corrected chi connectivity index (χ0v) is 37.1. The lowest BCUT2D eigenvalue weighted by atomic mass is 9.86. The summed E-state index contributed by atoms with van der Waals surface area (Å²) < 4.78 is 188. The third-order valence-electron chi connectivity index (χ3n) is 11.3. The van der Waals surface area contributed by atoms with Crippen molar-refractivity contribution in [1.29, 1.82) is 5.26 Å². The number of aryl methyl sites for hydroxylation is 4. The van der Waals surface area contributed by atoms with E-state index in [1.54, 1.807) is 54.6 Å². The Kier molecular flexibility index (Phi) is 14.8. The van der Waals surface area contributed by atoms with Crippen LogP contribution in [0.2, 0.25) is 0 Å². The molecule has 67 heavy (non-hydrogen) atoms. The molecule has 0 aromatic heterocycles. The van der Waals surface area contributed by atoms with Crippen molar-refractivity contribution in [3.05, 3.63) is 163 Å². The van der Waals surface area contributed by atoms with Crippen LogP contribution in [-0.2, 0) is 37.0 Å². The van der Waals surface area contributed by atoms with Gasteiger partial charge in [0.05, 0.1) is 11.6 Å². The van der Waals surface area contributed by atoms with Crippen LogP contribution in [0.1, 0.15) is 84.6 Å². The molecule has 0 aliphatic rings. The number of hydrogen-bond acceptors (Lipinski definition) is 3. The maximum absolute atomic E-state index is 14.6. The molecule has 6 rings (SSSR count). The van der Waals surface area contributed by atoms with Gasteiger partial charge in [-0.15, -0.1) is 0 Å². The number of halogens is 15. The van der Waals surface area contributed by atoms with Gasteiger partial charge in [-0.05, 0) is 118 Å². The minimum absolute atomic E-state index is 0.00224. The maximum Gasteiger partial charge on any atom is 0.435 e. The molecule has 0 spiro atoms. The third kappa shape index (κ3) is 10.4. The minimum Gasteiger partial charge on any atom is -0.294 e. The van der Waals surface area contributed by atoms with Gasteiger partial charge in [-0.1, -0.05) is 90.4 Å². The lowest BCUT2D eigenvalue weighted by molar-refractivity contribution is -0.349. The van der Waals surface area contributed by atoms with Crippen molar-refractivity contribution in [2.24, 2.45) is 0 Å². The predicted octanol–water partition coefficient (Wildman–Crippen LogP) is 15.5. The van der Waals surface area contributed by atoms with Crippen LogP contribution in [0.25, 0.3) is 21.5 Å². The average molecular weight is 1020 g/mol. The van der Waals surface area contributed by atoms with Crippen LogP contribution in [0.5, 0.6) is 0 Å². The normalized spacial score (nSPS) is 12.7. The number of fused-ring (bicyclic) bond motifs is 2. The average Bonchev–Trinajstić information content (AvgIpc) is 3.24.